The standard InChI is InChI=1S/C25H30N4O2.C23H28N4O2.C23H28N4O.C22H31N5O4.C20H29N5O4.2CH4/c1-30-22-16-20-21(17-23(22)31-18-19-10-4-2-5-11-19)26-25(29-14-8-9-15-29)27-24(20)28-12-6-3-7-13-28;1-26(2)23-24-19-15-21(29-16-17-10-6-4-7-11-17)20(28-3)14-18(19)22(25-23)27-12-8-5-9-13-27;1-16-7-9-18(10-8-16)15-24-23-25-20-13-17(2)21(28-3)14-19(20)22(26-23)27-11-5-4-6-12-27;1-22(2,3)31-21(29)27-11-9-25(10-12-27)19-15-13-18(30-4)17(28)14-16(15)23-20(24-19)26-7-5-6-8-26;1-20(2,3)29-19(27)25-9-7-24(8-10-25)17-13-11-16(28-6)15(26)12-14(13)21-18(22-17)23(4)5;;/h2,4-5,10-11,16-17H,3,6-9,12-15,18H2,1H3;4,6-7,10-11,14-15H,5,8-9,12-13,16H2,1-3H3;7-10,13-14H,4-6,11-12,15H2,1-3H3,(H,24,25,26);13-14,28H,5-12H2,1-4H3;11-12,26H,7-10H2,1-6H3;2*1H4. The van der Waals surface area contributed by atoms with Gasteiger partial charge < -0.3 is 112 Å². The Labute approximate surface area is 883 Å². The number of carbonyl (C=O) groups excluding carboxylic acids is 2. The molecule has 0 aliphatic carbocycles. The van der Waals surface area contributed by atoms with E-state index in [0.29, 0.717) is 130 Å². The van der Waals surface area contributed by atoms with E-state index < -0.39 is 11.2 Å². The first-order valence-corrected chi connectivity index (χ1v) is 52.0. The van der Waals surface area contributed by atoms with Gasteiger partial charge >= 0.3 is 12.2 Å². The molecule has 7 aliphatic heterocycles. The summed E-state index contributed by atoms with van der Waals surface area (Å²) in [6, 6.07) is 47.9. The fourth-order valence-electron chi connectivity index (χ4n) is 19.1. The molecule has 2 amide bonds. The zero-order chi connectivity index (χ0) is 104. The number of amides is 2. The number of phenolic OH excluding ortho intramolecular Hbond substituents is 2. The number of hydrogen-bond donors (Lipinski definition) is 3. The third-order valence-corrected chi connectivity index (χ3v) is 27.1. The van der Waals surface area contributed by atoms with Crippen molar-refractivity contribution in [2.45, 2.75) is 185 Å². The minimum absolute atomic E-state index is 0. The lowest BCUT2D eigenvalue weighted by Gasteiger charge is -2.36. The number of rotatable bonds is 23. The van der Waals surface area contributed by atoms with Crippen LogP contribution in [-0.4, -0.2) is 275 Å². The van der Waals surface area contributed by atoms with Crippen molar-refractivity contribution in [2.75, 3.05) is 231 Å². The lowest BCUT2D eigenvalue weighted by Crippen LogP contribution is -2.50. The molecule has 13 aromatic rings. The highest BCUT2D eigenvalue weighted by Crippen LogP contribution is 2.44. The first kappa shape index (κ1) is 111. The van der Waals surface area contributed by atoms with Crippen LogP contribution in [0.3, 0.4) is 0 Å². The van der Waals surface area contributed by atoms with Crippen LogP contribution in [0.4, 0.5) is 68.4 Å². The molecule has 35 nitrogen and oxygen atoms in total. The van der Waals surface area contributed by atoms with Crippen LogP contribution >= 0.6 is 0 Å². The molecule has 0 atom stereocenters. The van der Waals surface area contributed by atoms with Gasteiger partial charge in [0.1, 0.15) is 59.3 Å². The van der Waals surface area contributed by atoms with Crippen molar-refractivity contribution in [1.82, 2.24) is 59.6 Å². The number of aromatic hydroxyl groups is 2. The van der Waals surface area contributed by atoms with E-state index in [9.17, 15) is 19.8 Å². The summed E-state index contributed by atoms with van der Waals surface area (Å²) in [4.78, 5) is 96.2. The number of fused-ring (bicyclic) bond motifs is 5. The average Bonchev–Trinajstić information content (AvgIpc) is 1.11. The molecule has 0 radical (unpaired) electrons. The highest BCUT2D eigenvalue weighted by molar-refractivity contribution is 5.98. The number of benzene rings is 8. The van der Waals surface area contributed by atoms with Crippen molar-refractivity contribution in [3.8, 4) is 51.7 Å². The molecule has 3 N–H and O–H groups in total. The number of hydrogen-bond acceptors (Lipinski definition) is 33. The van der Waals surface area contributed by atoms with Gasteiger partial charge in [-0.3, -0.25) is 0 Å². The number of phenols is 2. The van der Waals surface area contributed by atoms with Crippen LogP contribution in [0.1, 0.15) is 168 Å². The number of piperidine rings is 3. The Morgan fingerprint density at radius 3 is 1.01 bits per heavy atom. The maximum absolute atomic E-state index is 12.4. The minimum atomic E-state index is -0.518. The van der Waals surface area contributed by atoms with Crippen LogP contribution in [0, 0.1) is 13.8 Å². The summed E-state index contributed by atoms with van der Waals surface area (Å²) in [5.41, 5.74) is 8.83. The fraction of sp³-hybridized carbons (Fsp3) is 0.478. The average molecular weight is 2050 g/mol. The van der Waals surface area contributed by atoms with Crippen LogP contribution in [0.5, 0.6) is 51.7 Å². The number of nitrogens with zero attached hydrogens (tertiary/aromatic N) is 21. The van der Waals surface area contributed by atoms with E-state index >= 15 is 0 Å². The van der Waals surface area contributed by atoms with Crippen LogP contribution in [0.15, 0.2) is 146 Å². The molecule has 5 aromatic heterocycles. The Bertz CT molecular complexity index is 6680. The zero-order valence-corrected chi connectivity index (χ0v) is 89.2. The summed E-state index contributed by atoms with van der Waals surface area (Å²) in [7, 11) is 15.8. The topological polar surface area (TPSA) is 334 Å². The molecule has 0 unspecified atom stereocenters. The second-order valence-corrected chi connectivity index (χ2v) is 40.8. The lowest BCUT2D eigenvalue weighted by atomic mass is 10.1. The molecule has 0 bridgehead atoms. The van der Waals surface area contributed by atoms with Gasteiger partial charge in [-0.1, -0.05) is 105 Å². The van der Waals surface area contributed by atoms with Crippen molar-refractivity contribution in [2.24, 2.45) is 0 Å². The van der Waals surface area contributed by atoms with E-state index in [1.165, 1.54) is 96.0 Å². The largest absolute Gasteiger partial charge is 0.504 e. The van der Waals surface area contributed by atoms with Gasteiger partial charge in [0, 0.05) is 204 Å². The highest BCUT2D eigenvalue weighted by atomic mass is 16.6. The second kappa shape index (κ2) is 50.9. The van der Waals surface area contributed by atoms with Gasteiger partial charge in [0.2, 0.25) is 29.7 Å². The number of aryl methyl sites for hydroxylation is 2. The van der Waals surface area contributed by atoms with Gasteiger partial charge in [-0.2, -0.15) is 24.9 Å². The van der Waals surface area contributed by atoms with Crippen molar-refractivity contribution < 1.29 is 62.4 Å². The normalized spacial score (nSPS) is 15.3. The third kappa shape index (κ3) is 28.0. The van der Waals surface area contributed by atoms with Gasteiger partial charge in [0.25, 0.3) is 0 Å². The van der Waals surface area contributed by atoms with Crippen LogP contribution in [-0.2, 0) is 29.2 Å². The first-order chi connectivity index (χ1) is 71.4. The summed E-state index contributed by atoms with van der Waals surface area (Å²) in [5, 5.41) is 28.6. The fourth-order valence-corrected chi connectivity index (χ4v) is 19.1. The third-order valence-electron chi connectivity index (χ3n) is 27.1. The molecular weight excluding hydrogens is 1900 g/mol. The molecule has 0 spiro atoms. The summed E-state index contributed by atoms with van der Waals surface area (Å²) in [6.45, 7) is 31.8. The van der Waals surface area contributed by atoms with Crippen LogP contribution in [0.25, 0.3) is 54.5 Å². The molecule has 7 fully saturated rings. The molecule has 12 heterocycles. The quantitative estimate of drug-likeness (QED) is 0.0535. The SMILES string of the molecule is C.C.COc1cc2c(N3CCCCC3)nc(N(C)C)nc2cc1OCc1ccccc1.COc1cc2c(N3CCCCC3)nc(N3CCCC3)nc2cc1OCc1ccccc1.COc1cc2c(N3CCCCC3)nc(NCc3ccc(C)cc3)nc2cc1C.COc1cc2c(N3CCN(C(=O)OC(C)(C)C)CC3)nc(N(C)C)nc2cc1O.COc1cc2c(N3CCN(C(=O)OC(C)(C)C)CC3)nc(N3CCCC3)nc2cc1O. The van der Waals surface area contributed by atoms with E-state index in [1.807, 2.05) is 152 Å². The van der Waals surface area contributed by atoms with E-state index in [2.05, 4.69) is 107 Å². The molecule has 35 heteroatoms. The predicted molar refractivity (Wildman–Crippen MR) is 602 cm³/mol. The summed E-state index contributed by atoms with van der Waals surface area (Å²) >= 11 is 0. The van der Waals surface area contributed by atoms with Gasteiger partial charge in [-0.05, 0) is 198 Å². The van der Waals surface area contributed by atoms with Crippen molar-refractivity contribution in [3.63, 3.8) is 0 Å². The zero-order valence-electron chi connectivity index (χ0n) is 89.2. The van der Waals surface area contributed by atoms with Crippen LogP contribution < -0.4 is 82.6 Å². The van der Waals surface area contributed by atoms with Gasteiger partial charge in [-0.15, -0.1) is 0 Å². The summed E-state index contributed by atoms with van der Waals surface area (Å²) in [5.74, 6) is 12.6. The van der Waals surface area contributed by atoms with Crippen LogP contribution in [0.2, 0.25) is 0 Å². The number of ether oxygens (including phenoxy) is 9. The van der Waals surface area contributed by atoms with Gasteiger partial charge in [0.05, 0.1) is 63.1 Å². The van der Waals surface area contributed by atoms with E-state index in [4.69, 9.17) is 87.5 Å². The number of aromatic nitrogens is 10. The molecule has 8 aromatic carbocycles. The Morgan fingerprint density at radius 2 is 0.640 bits per heavy atom. The number of anilines is 10. The first-order valence-electron chi connectivity index (χ1n) is 52.0. The summed E-state index contributed by atoms with van der Waals surface area (Å²) in [6.07, 6.45) is 15.1. The highest BCUT2D eigenvalue weighted by Gasteiger charge is 2.34. The number of piperazine rings is 2. The molecule has 20 rings (SSSR count). The number of methoxy groups -OCH3 is 5. The smallest absolute Gasteiger partial charge is 0.410 e. The maximum atomic E-state index is 12.4. The Hall–Kier alpha value is -14.8. The molecular formula is C115H154N22O13. The summed E-state index contributed by atoms with van der Waals surface area (Å²) < 4.78 is 50.7. The van der Waals surface area contributed by atoms with Gasteiger partial charge in [-0.25, -0.2) is 34.5 Å². The number of carbonyl (C=O) groups is 2. The predicted octanol–water partition coefficient (Wildman–Crippen LogP) is 20.7. The molecule has 802 valence electrons. The Morgan fingerprint density at radius 1 is 0.327 bits per heavy atom. The molecule has 150 heavy (non-hydrogen) atoms. The van der Waals surface area contributed by atoms with Crippen molar-refractivity contribution in [3.05, 3.63) is 173 Å². The Kier molecular flexibility index (Phi) is 37.6. The van der Waals surface area contributed by atoms with E-state index in [0.717, 1.165) is 191 Å². The molecule has 7 aliphatic rings. The minimum Gasteiger partial charge on any atom is -0.504 e. The Balaban J connectivity index is 0.000000147. The van der Waals surface area contributed by atoms with Gasteiger partial charge in [0.15, 0.2) is 46.0 Å². The van der Waals surface area contributed by atoms with Crippen molar-refractivity contribution >= 4 is 126 Å². The number of nitrogens with one attached hydrogen (secondary N) is 1. The van der Waals surface area contributed by atoms with Crippen molar-refractivity contribution in [1.29, 1.82) is 0 Å². The molecule has 7 saturated heterocycles. The van der Waals surface area contributed by atoms with E-state index in [1.54, 1.807) is 55.4 Å². The molecule has 0 saturated carbocycles. The monoisotopic (exact) mass is 2050 g/mol. The van der Waals surface area contributed by atoms with E-state index in [-0.39, 0.29) is 38.5 Å². The lowest BCUT2D eigenvalue weighted by molar-refractivity contribution is 0.0230. The second-order valence-electron chi connectivity index (χ2n) is 40.8. The maximum Gasteiger partial charge on any atom is 0.410 e.